The van der Waals surface area contributed by atoms with Gasteiger partial charge >= 0.3 is 6.09 Å². The van der Waals surface area contributed by atoms with E-state index in [4.69, 9.17) is 4.74 Å². The number of ether oxygens (including phenoxy) is 1. The fourth-order valence-electron chi connectivity index (χ4n) is 2.45. The predicted molar refractivity (Wildman–Crippen MR) is 86.2 cm³/mol. The summed E-state index contributed by atoms with van der Waals surface area (Å²) in [5.41, 5.74) is 2.23. The maximum atomic E-state index is 12.2. The van der Waals surface area contributed by atoms with Crippen LogP contribution in [0.3, 0.4) is 0 Å². The number of amides is 2. The number of likely N-dealkylation sites (tertiary alicyclic amines) is 1. The zero-order chi connectivity index (χ0) is 17.6. The van der Waals surface area contributed by atoms with Crippen molar-refractivity contribution in [3.8, 4) is 0 Å². The third kappa shape index (κ3) is 4.68. The second-order valence-electron chi connectivity index (χ2n) is 5.39. The maximum Gasteiger partial charge on any atom is 0.409 e. The van der Waals surface area contributed by atoms with Gasteiger partial charge in [0.2, 0.25) is 5.91 Å². The van der Waals surface area contributed by atoms with Crippen LogP contribution in [0.15, 0.2) is 35.2 Å². The molecule has 132 valence electrons. The van der Waals surface area contributed by atoms with Crippen molar-refractivity contribution in [2.75, 3.05) is 19.7 Å². The molecule has 1 atom stereocenters. The normalized spacial score (nSPS) is 18.0. The highest BCUT2D eigenvalue weighted by Crippen LogP contribution is 2.17. The van der Waals surface area contributed by atoms with Gasteiger partial charge in [0.15, 0.2) is 0 Å². The summed E-state index contributed by atoms with van der Waals surface area (Å²) in [6, 6.07) is 7.74. The Hall–Kier alpha value is -2.13. The average Bonchev–Trinajstić information content (AvgIpc) is 2.61. The van der Waals surface area contributed by atoms with Gasteiger partial charge in [-0.2, -0.15) is 0 Å². The summed E-state index contributed by atoms with van der Waals surface area (Å²) in [5.74, 6) is -0.954. The van der Waals surface area contributed by atoms with Crippen molar-refractivity contribution in [3.63, 3.8) is 0 Å². The minimum absolute atomic E-state index is 0.0575. The van der Waals surface area contributed by atoms with Gasteiger partial charge in [-0.1, -0.05) is 18.2 Å². The minimum atomic E-state index is -3.82. The molecule has 0 aliphatic carbocycles. The van der Waals surface area contributed by atoms with E-state index in [1.165, 1.54) is 17.0 Å². The first-order valence-electron chi connectivity index (χ1n) is 7.72. The van der Waals surface area contributed by atoms with Crippen LogP contribution >= 0.6 is 0 Å². The van der Waals surface area contributed by atoms with Crippen molar-refractivity contribution in [2.24, 2.45) is 5.92 Å². The summed E-state index contributed by atoms with van der Waals surface area (Å²) >= 11 is 0. The molecule has 0 aromatic heterocycles. The second kappa shape index (κ2) is 8.11. The lowest BCUT2D eigenvalue weighted by Crippen LogP contribution is -2.50. The van der Waals surface area contributed by atoms with Gasteiger partial charge < -0.3 is 9.64 Å². The van der Waals surface area contributed by atoms with Crippen LogP contribution in [0.2, 0.25) is 0 Å². The van der Waals surface area contributed by atoms with Crippen LogP contribution in [0, 0.1) is 5.92 Å². The number of rotatable bonds is 5. The first-order valence-corrected chi connectivity index (χ1v) is 9.20. The average molecular weight is 355 g/mol. The Kier molecular flexibility index (Phi) is 6.16. The van der Waals surface area contributed by atoms with E-state index in [1.807, 2.05) is 0 Å². The van der Waals surface area contributed by atoms with Crippen molar-refractivity contribution >= 4 is 22.0 Å². The lowest BCUT2D eigenvalue weighted by Gasteiger charge is -2.31. The molecule has 1 aliphatic heterocycles. The molecule has 0 saturated carbocycles. The summed E-state index contributed by atoms with van der Waals surface area (Å²) < 4.78 is 29.1. The topological polar surface area (TPSA) is 105 Å². The summed E-state index contributed by atoms with van der Waals surface area (Å²) in [6.45, 7) is 2.71. The van der Waals surface area contributed by atoms with Gasteiger partial charge in [-0.3, -0.25) is 10.2 Å². The minimum Gasteiger partial charge on any atom is -0.450 e. The fraction of sp³-hybridized carbons (Fsp3) is 0.467. The summed E-state index contributed by atoms with van der Waals surface area (Å²) in [6.07, 6.45) is 0.775. The van der Waals surface area contributed by atoms with Crippen LogP contribution in [0.5, 0.6) is 0 Å². The molecule has 1 aromatic carbocycles. The molecular weight excluding hydrogens is 334 g/mol. The molecule has 1 aliphatic rings. The molecule has 0 bridgehead atoms. The van der Waals surface area contributed by atoms with Crippen LogP contribution in [0.4, 0.5) is 4.79 Å². The Morgan fingerprint density at radius 3 is 2.67 bits per heavy atom. The Morgan fingerprint density at radius 1 is 1.29 bits per heavy atom. The van der Waals surface area contributed by atoms with Gasteiger partial charge in [0.05, 0.1) is 17.4 Å². The van der Waals surface area contributed by atoms with Crippen molar-refractivity contribution in [3.05, 3.63) is 30.3 Å². The van der Waals surface area contributed by atoms with Gasteiger partial charge in [0.25, 0.3) is 10.0 Å². The quantitative estimate of drug-likeness (QED) is 0.763. The summed E-state index contributed by atoms with van der Waals surface area (Å²) in [4.78, 5) is 27.5. The van der Waals surface area contributed by atoms with Gasteiger partial charge in [-0.15, -0.1) is 4.83 Å². The van der Waals surface area contributed by atoms with E-state index in [1.54, 1.807) is 25.1 Å². The highest BCUT2D eigenvalue weighted by atomic mass is 32.2. The van der Waals surface area contributed by atoms with Crippen molar-refractivity contribution in [1.29, 1.82) is 0 Å². The monoisotopic (exact) mass is 355 g/mol. The Labute approximate surface area is 141 Å². The number of hydrazine groups is 1. The lowest BCUT2D eigenvalue weighted by atomic mass is 9.98. The molecule has 24 heavy (non-hydrogen) atoms. The van der Waals surface area contributed by atoms with Gasteiger partial charge in [0, 0.05) is 13.1 Å². The number of carbonyl (C=O) groups excluding carboxylic acids is 2. The Morgan fingerprint density at radius 2 is 2.00 bits per heavy atom. The molecule has 1 aromatic rings. The number of nitrogens with one attached hydrogen (secondary N) is 2. The van der Waals surface area contributed by atoms with E-state index < -0.39 is 27.9 Å². The summed E-state index contributed by atoms with van der Waals surface area (Å²) in [7, 11) is -3.82. The third-order valence-corrected chi connectivity index (χ3v) is 4.94. The third-order valence-electron chi connectivity index (χ3n) is 3.68. The molecular formula is C15H21N3O5S. The second-order valence-corrected chi connectivity index (χ2v) is 7.07. The van der Waals surface area contributed by atoms with Crippen molar-refractivity contribution in [2.45, 2.75) is 24.7 Å². The molecule has 9 heteroatoms. The SMILES string of the molecule is CCOC(=O)N1CCCC(C(=O)NNS(=O)(=O)c2ccccc2)C1. The van der Waals surface area contributed by atoms with Gasteiger partial charge in [-0.25, -0.2) is 13.2 Å². The molecule has 2 amide bonds. The van der Waals surface area contributed by atoms with Crippen LogP contribution in [0.1, 0.15) is 19.8 Å². The van der Waals surface area contributed by atoms with E-state index in [-0.39, 0.29) is 18.0 Å². The van der Waals surface area contributed by atoms with E-state index in [2.05, 4.69) is 10.3 Å². The first kappa shape index (κ1) is 18.2. The molecule has 1 heterocycles. The van der Waals surface area contributed by atoms with E-state index in [0.29, 0.717) is 19.4 Å². The molecule has 2 N–H and O–H groups in total. The van der Waals surface area contributed by atoms with E-state index in [0.717, 1.165) is 0 Å². The fourth-order valence-corrected chi connectivity index (χ4v) is 3.32. The zero-order valence-corrected chi connectivity index (χ0v) is 14.2. The van der Waals surface area contributed by atoms with Crippen LogP contribution in [-0.2, 0) is 19.6 Å². The molecule has 2 rings (SSSR count). The van der Waals surface area contributed by atoms with E-state index in [9.17, 15) is 18.0 Å². The number of nitrogens with zero attached hydrogens (tertiary/aromatic N) is 1. The molecule has 0 spiro atoms. The predicted octanol–water partition coefficient (Wildman–Crippen LogP) is 0.865. The van der Waals surface area contributed by atoms with E-state index >= 15 is 0 Å². The number of benzene rings is 1. The maximum absolute atomic E-state index is 12.2. The summed E-state index contributed by atoms with van der Waals surface area (Å²) in [5, 5.41) is 0. The standard InChI is InChI=1S/C15H21N3O5S/c1-2-23-15(20)18-10-6-7-12(11-18)14(19)16-17-24(21,22)13-8-4-3-5-9-13/h3-5,8-9,12,17H,2,6-7,10-11H2,1H3,(H,16,19). The van der Waals surface area contributed by atoms with Gasteiger partial charge in [0.1, 0.15) is 0 Å². The molecule has 1 fully saturated rings. The Balaban J connectivity index is 1.91. The number of sulfonamides is 1. The lowest BCUT2D eigenvalue weighted by molar-refractivity contribution is -0.126. The van der Waals surface area contributed by atoms with Crippen LogP contribution in [0.25, 0.3) is 0 Å². The number of hydrogen-bond acceptors (Lipinski definition) is 5. The number of carbonyl (C=O) groups is 2. The molecule has 1 unspecified atom stereocenters. The van der Waals surface area contributed by atoms with Crippen molar-refractivity contribution < 1.29 is 22.7 Å². The largest absolute Gasteiger partial charge is 0.450 e. The number of piperidine rings is 1. The van der Waals surface area contributed by atoms with Crippen LogP contribution < -0.4 is 10.3 Å². The highest BCUT2D eigenvalue weighted by molar-refractivity contribution is 7.89. The molecule has 8 nitrogen and oxygen atoms in total. The van der Waals surface area contributed by atoms with Gasteiger partial charge in [-0.05, 0) is 31.9 Å². The molecule has 1 saturated heterocycles. The molecule has 0 radical (unpaired) electrons. The highest BCUT2D eigenvalue weighted by Gasteiger charge is 2.29. The van der Waals surface area contributed by atoms with Crippen LogP contribution in [-0.4, -0.2) is 45.0 Å². The van der Waals surface area contributed by atoms with Crippen molar-refractivity contribution in [1.82, 2.24) is 15.2 Å². The zero-order valence-electron chi connectivity index (χ0n) is 13.4. The first-order chi connectivity index (χ1) is 11.4. The Bertz CT molecular complexity index is 678. The smallest absolute Gasteiger partial charge is 0.409 e. The number of hydrogen-bond donors (Lipinski definition) is 2.